The van der Waals surface area contributed by atoms with Crippen molar-refractivity contribution in [1.29, 1.82) is 0 Å². The second-order valence-corrected chi connectivity index (χ2v) is 13.7. The summed E-state index contributed by atoms with van der Waals surface area (Å²) in [5.74, 6) is -11.5. The highest BCUT2D eigenvalue weighted by Crippen LogP contribution is 2.68. The second-order valence-electron chi connectivity index (χ2n) is 12.6. The Bertz CT molecular complexity index is 1290. The van der Waals surface area contributed by atoms with E-state index in [2.05, 4.69) is 19.6 Å². The molecular formula is C29H37F7NO4S-. The van der Waals surface area contributed by atoms with E-state index in [0.717, 1.165) is 55.2 Å². The highest BCUT2D eigenvalue weighted by Gasteiger charge is 2.75. The Morgan fingerprint density at radius 2 is 1.79 bits per heavy atom. The maximum Gasteiger partial charge on any atom is 0.459 e. The van der Waals surface area contributed by atoms with Gasteiger partial charge in [-0.3, -0.25) is 4.72 Å². The number of nitrogens with one attached hydrogen (secondary N) is 1. The lowest BCUT2D eigenvalue weighted by Gasteiger charge is -2.57. The number of aliphatic hydroxyl groups excluding tert-OH is 1. The zero-order chi connectivity index (χ0) is 31.4. The fraction of sp³-hybridized carbons (Fsp3) is 0.724. The minimum Gasteiger partial charge on any atom is -0.731 e. The zero-order valence-electron chi connectivity index (χ0n) is 23.4. The van der Waals surface area contributed by atoms with Gasteiger partial charge in [0.1, 0.15) is 6.10 Å². The van der Waals surface area contributed by atoms with Gasteiger partial charge in [0.05, 0.1) is 0 Å². The summed E-state index contributed by atoms with van der Waals surface area (Å²) in [4.78, 5) is 0. The molecule has 1 aromatic rings. The van der Waals surface area contributed by atoms with Gasteiger partial charge in [0.25, 0.3) is 0 Å². The van der Waals surface area contributed by atoms with E-state index in [-0.39, 0.29) is 35.3 Å². The van der Waals surface area contributed by atoms with Crippen LogP contribution in [0.3, 0.4) is 0 Å². The average Bonchev–Trinajstić information content (AvgIpc) is 3.28. The highest BCUT2D eigenvalue weighted by molar-refractivity contribution is 7.87. The van der Waals surface area contributed by atoms with E-state index >= 15 is 0 Å². The molecule has 13 heteroatoms. The molecule has 3 aliphatic carbocycles. The number of aliphatic hydroxyl groups is 1. The molecule has 2 N–H and O–H groups in total. The predicted octanol–water partition coefficient (Wildman–Crippen LogP) is 7.66. The molecule has 2 saturated carbocycles. The number of alkyl halides is 7. The smallest absolute Gasteiger partial charge is 0.459 e. The number of hydrogen-bond donors (Lipinski definition) is 2. The zero-order valence-corrected chi connectivity index (χ0v) is 24.2. The summed E-state index contributed by atoms with van der Waals surface area (Å²) in [6, 6.07) is 3.26. The normalized spacial score (nSPS) is 28.9. The summed E-state index contributed by atoms with van der Waals surface area (Å²) in [6.45, 7) is 6.56. The van der Waals surface area contributed by atoms with Crippen molar-refractivity contribution in [2.24, 2.45) is 16.7 Å². The van der Waals surface area contributed by atoms with Crippen LogP contribution in [0.5, 0.6) is 0 Å². The standard InChI is InChI=1S/C29H38F7NO4S/c1-3-26-15-11-19-17-20(37-42(39,40)41)16-18(24(19)21(26)12-14-25(2)13-7-9-22(25)26)8-5-4-6-10-23(38)27(30,31)28(32,33)29(34,35)36/h3,16-17,21-23,37-38H,1,4-15H2,2H3,(H,39,40,41)/p-1/t21-,22-,23?,25+,26-/m1/s1. The number of fused-ring (bicyclic) bond motifs is 5. The van der Waals surface area contributed by atoms with E-state index in [1.807, 2.05) is 4.72 Å². The summed E-state index contributed by atoms with van der Waals surface area (Å²) in [5, 5.41) is 9.54. The highest BCUT2D eigenvalue weighted by atomic mass is 32.2. The number of anilines is 1. The first-order valence-corrected chi connectivity index (χ1v) is 15.7. The number of halogens is 7. The molecular weight excluding hydrogens is 591 g/mol. The van der Waals surface area contributed by atoms with Crippen molar-refractivity contribution in [1.82, 2.24) is 0 Å². The molecule has 0 saturated heterocycles. The summed E-state index contributed by atoms with van der Waals surface area (Å²) < 4.78 is 128. The molecule has 0 spiro atoms. The molecule has 42 heavy (non-hydrogen) atoms. The molecule has 0 heterocycles. The van der Waals surface area contributed by atoms with Crippen molar-refractivity contribution in [2.45, 2.75) is 114 Å². The Labute approximate surface area is 241 Å². The Hall–Kier alpha value is -1.86. The number of rotatable bonds is 11. The number of aryl methyl sites for hydroxylation is 2. The van der Waals surface area contributed by atoms with Gasteiger partial charge in [-0.25, -0.2) is 8.42 Å². The van der Waals surface area contributed by atoms with E-state index in [9.17, 15) is 48.8 Å². The van der Waals surface area contributed by atoms with E-state index in [1.54, 1.807) is 12.1 Å². The van der Waals surface area contributed by atoms with Gasteiger partial charge in [0.15, 0.2) is 10.3 Å². The van der Waals surface area contributed by atoms with Crippen LogP contribution in [0.2, 0.25) is 0 Å². The van der Waals surface area contributed by atoms with Gasteiger partial charge >= 0.3 is 18.0 Å². The molecule has 3 aliphatic rings. The first-order chi connectivity index (χ1) is 19.3. The van der Waals surface area contributed by atoms with Crippen LogP contribution in [0, 0.1) is 16.7 Å². The van der Waals surface area contributed by atoms with Crippen molar-refractivity contribution in [3.63, 3.8) is 0 Å². The van der Waals surface area contributed by atoms with Crippen LogP contribution in [0.15, 0.2) is 24.8 Å². The van der Waals surface area contributed by atoms with Gasteiger partial charge in [-0.15, -0.1) is 6.58 Å². The molecule has 1 aromatic carbocycles. The fourth-order valence-electron chi connectivity index (χ4n) is 8.19. The van der Waals surface area contributed by atoms with Gasteiger partial charge in [0.2, 0.25) is 0 Å². The molecule has 0 aliphatic heterocycles. The van der Waals surface area contributed by atoms with Crippen molar-refractivity contribution < 1.29 is 48.8 Å². The predicted molar refractivity (Wildman–Crippen MR) is 142 cm³/mol. The Morgan fingerprint density at radius 3 is 2.40 bits per heavy atom. The van der Waals surface area contributed by atoms with Crippen LogP contribution in [0.1, 0.15) is 93.7 Å². The summed E-state index contributed by atoms with van der Waals surface area (Å²) in [5.41, 5.74) is 2.88. The lowest BCUT2D eigenvalue weighted by Crippen LogP contribution is -2.57. The van der Waals surface area contributed by atoms with Crippen molar-refractivity contribution >= 4 is 16.0 Å². The number of hydrogen-bond acceptors (Lipinski definition) is 4. The minimum absolute atomic E-state index is 0.105. The molecule has 1 unspecified atom stereocenters. The van der Waals surface area contributed by atoms with Gasteiger partial charge in [0, 0.05) is 5.69 Å². The topological polar surface area (TPSA) is 89.5 Å². The molecule has 5 atom stereocenters. The van der Waals surface area contributed by atoms with Crippen LogP contribution < -0.4 is 4.72 Å². The fourth-order valence-corrected chi connectivity index (χ4v) is 8.59. The molecule has 5 nitrogen and oxygen atoms in total. The largest absolute Gasteiger partial charge is 0.731 e. The molecule has 0 bridgehead atoms. The van der Waals surface area contributed by atoms with Crippen LogP contribution in [0.4, 0.5) is 36.4 Å². The van der Waals surface area contributed by atoms with Crippen LogP contribution >= 0.6 is 0 Å². The Kier molecular flexibility index (Phi) is 8.85. The third-order valence-electron chi connectivity index (χ3n) is 10.2. The third kappa shape index (κ3) is 5.81. The molecule has 0 radical (unpaired) electrons. The molecule has 0 amide bonds. The second kappa shape index (κ2) is 11.3. The van der Waals surface area contributed by atoms with Crippen molar-refractivity contribution in [3.8, 4) is 0 Å². The van der Waals surface area contributed by atoms with E-state index in [4.69, 9.17) is 0 Å². The number of allylic oxidation sites excluding steroid dienone is 1. The van der Waals surface area contributed by atoms with Crippen LogP contribution in [-0.4, -0.2) is 42.2 Å². The first kappa shape index (κ1) is 33.0. The Balaban J connectivity index is 1.54. The SMILES string of the molecule is C=C[C@@]12CCc3cc(NS(=O)(=O)[O-])cc(CCCCCC(O)C(F)(F)C(F)(F)C(F)(F)F)c3[C@H]1CC[C@]1(C)CCC[C@H]12. The van der Waals surface area contributed by atoms with Crippen molar-refractivity contribution in [3.05, 3.63) is 41.5 Å². The summed E-state index contributed by atoms with van der Waals surface area (Å²) >= 11 is 0. The van der Waals surface area contributed by atoms with Crippen molar-refractivity contribution in [2.75, 3.05) is 4.72 Å². The molecule has 238 valence electrons. The van der Waals surface area contributed by atoms with E-state index < -0.39 is 40.9 Å². The minimum atomic E-state index is -6.51. The summed E-state index contributed by atoms with van der Waals surface area (Å²) in [7, 11) is -4.81. The summed E-state index contributed by atoms with van der Waals surface area (Å²) in [6.07, 6.45) is -1.33. The first-order valence-electron chi connectivity index (χ1n) is 14.3. The lowest BCUT2D eigenvalue weighted by atomic mass is 9.47. The van der Waals surface area contributed by atoms with Crippen LogP contribution in [-0.2, 0) is 23.1 Å². The van der Waals surface area contributed by atoms with Gasteiger partial charge in [-0.05, 0) is 109 Å². The van der Waals surface area contributed by atoms with Gasteiger partial charge in [-0.2, -0.15) is 30.7 Å². The Morgan fingerprint density at radius 1 is 1.10 bits per heavy atom. The third-order valence-corrected chi connectivity index (χ3v) is 10.6. The van der Waals surface area contributed by atoms with E-state index in [1.165, 1.54) is 0 Å². The van der Waals surface area contributed by atoms with Gasteiger partial charge in [-0.1, -0.05) is 32.3 Å². The van der Waals surface area contributed by atoms with E-state index in [0.29, 0.717) is 25.2 Å². The molecule has 0 aromatic heterocycles. The number of unbranched alkanes of at least 4 members (excludes halogenated alkanes) is 2. The van der Waals surface area contributed by atoms with Gasteiger partial charge < -0.3 is 9.66 Å². The quantitative estimate of drug-likeness (QED) is 0.114. The number of benzene rings is 1. The monoisotopic (exact) mass is 628 g/mol. The molecule has 4 rings (SSSR count). The maximum atomic E-state index is 13.8. The van der Waals surface area contributed by atoms with Crippen LogP contribution in [0.25, 0.3) is 0 Å². The molecule has 2 fully saturated rings. The lowest BCUT2D eigenvalue weighted by molar-refractivity contribution is -0.371. The maximum absolute atomic E-state index is 13.8. The average molecular weight is 629 g/mol.